The number of benzene rings is 1. The maximum Gasteiger partial charge on any atom is 0.124 e. The molecule has 1 aromatic rings. The Bertz CT molecular complexity index is 368. The lowest BCUT2D eigenvalue weighted by molar-refractivity contribution is 0.178. The molecule has 5 nitrogen and oxygen atoms in total. The molecule has 0 radical (unpaired) electrons. The molecular formula is C12H19NO4. The number of ether oxygens (including phenoxy) is 3. The summed E-state index contributed by atoms with van der Waals surface area (Å²) in [7, 11) is 4.73. The van der Waals surface area contributed by atoms with Crippen LogP contribution < -0.4 is 15.2 Å². The Balaban J connectivity index is 3.35. The molecule has 96 valence electrons. The Kier molecular flexibility index (Phi) is 5.21. The fourth-order valence-corrected chi connectivity index (χ4v) is 1.78. The first-order valence-electron chi connectivity index (χ1n) is 5.28. The van der Waals surface area contributed by atoms with Crippen molar-refractivity contribution in [2.45, 2.75) is 12.6 Å². The molecule has 0 amide bonds. The van der Waals surface area contributed by atoms with Crippen LogP contribution in [0.4, 0.5) is 0 Å². The molecule has 0 bridgehead atoms. The van der Waals surface area contributed by atoms with Crippen molar-refractivity contribution >= 4 is 0 Å². The van der Waals surface area contributed by atoms with Crippen LogP contribution in [0.3, 0.4) is 0 Å². The fourth-order valence-electron chi connectivity index (χ4n) is 1.78. The quantitative estimate of drug-likeness (QED) is 0.772. The Morgan fingerprint density at radius 1 is 1.18 bits per heavy atom. The number of aliphatic hydroxyl groups is 1. The van der Waals surface area contributed by atoms with E-state index in [0.717, 1.165) is 11.1 Å². The third-order valence-electron chi connectivity index (χ3n) is 2.57. The summed E-state index contributed by atoms with van der Waals surface area (Å²) in [6.07, 6.45) is 0. The second kappa shape index (κ2) is 6.44. The molecule has 0 aromatic heterocycles. The minimum Gasteiger partial charge on any atom is -0.496 e. The molecule has 0 aliphatic rings. The van der Waals surface area contributed by atoms with Crippen LogP contribution in [0.2, 0.25) is 0 Å². The third kappa shape index (κ3) is 2.88. The Morgan fingerprint density at radius 3 is 2.24 bits per heavy atom. The first-order valence-corrected chi connectivity index (χ1v) is 5.28. The monoisotopic (exact) mass is 241 g/mol. The van der Waals surface area contributed by atoms with Gasteiger partial charge in [0.25, 0.3) is 0 Å². The average Bonchev–Trinajstić information content (AvgIpc) is 2.37. The van der Waals surface area contributed by atoms with Crippen LogP contribution in [-0.4, -0.2) is 33.0 Å². The van der Waals surface area contributed by atoms with Gasteiger partial charge in [-0.25, -0.2) is 0 Å². The van der Waals surface area contributed by atoms with Gasteiger partial charge in [-0.1, -0.05) is 0 Å². The van der Waals surface area contributed by atoms with Gasteiger partial charge in [-0.2, -0.15) is 0 Å². The van der Waals surface area contributed by atoms with Gasteiger partial charge in [0, 0.05) is 18.2 Å². The van der Waals surface area contributed by atoms with Gasteiger partial charge in [0.1, 0.15) is 11.5 Å². The van der Waals surface area contributed by atoms with E-state index < -0.39 is 6.04 Å². The van der Waals surface area contributed by atoms with E-state index >= 15 is 0 Å². The van der Waals surface area contributed by atoms with E-state index in [2.05, 4.69) is 0 Å². The molecule has 0 saturated carbocycles. The minimum atomic E-state index is -0.523. The molecular weight excluding hydrogens is 222 g/mol. The lowest BCUT2D eigenvalue weighted by atomic mass is 9.99. The van der Waals surface area contributed by atoms with Gasteiger partial charge >= 0.3 is 0 Å². The minimum absolute atomic E-state index is 0.166. The third-order valence-corrected chi connectivity index (χ3v) is 2.57. The molecule has 0 spiro atoms. The van der Waals surface area contributed by atoms with Crippen LogP contribution in [-0.2, 0) is 11.3 Å². The van der Waals surface area contributed by atoms with Crippen molar-refractivity contribution in [3.63, 3.8) is 0 Å². The average molecular weight is 241 g/mol. The van der Waals surface area contributed by atoms with Crippen LogP contribution in [0.25, 0.3) is 0 Å². The first kappa shape index (κ1) is 13.8. The molecule has 1 aromatic carbocycles. The topological polar surface area (TPSA) is 73.9 Å². The van der Waals surface area contributed by atoms with Crippen LogP contribution in [0, 0.1) is 0 Å². The van der Waals surface area contributed by atoms with Crippen molar-refractivity contribution in [2.75, 3.05) is 27.9 Å². The Morgan fingerprint density at radius 2 is 1.76 bits per heavy atom. The van der Waals surface area contributed by atoms with Crippen LogP contribution in [0.1, 0.15) is 17.2 Å². The van der Waals surface area contributed by atoms with Gasteiger partial charge in [-0.05, 0) is 12.1 Å². The van der Waals surface area contributed by atoms with E-state index in [4.69, 9.17) is 19.9 Å². The first-order chi connectivity index (χ1) is 8.19. The highest BCUT2D eigenvalue weighted by Gasteiger charge is 2.19. The zero-order valence-corrected chi connectivity index (χ0v) is 10.4. The molecule has 0 aliphatic heterocycles. The maximum absolute atomic E-state index is 9.20. The van der Waals surface area contributed by atoms with Crippen LogP contribution >= 0.6 is 0 Å². The largest absolute Gasteiger partial charge is 0.496 e. The number of hydrogen-bond donors (Lipinski definition) is 2. The molecule has 0 saturated heterocycles. The van der Waals surface area contributed by atoms with Gasteiger partial charge in [0.15, 0.2) is 0 Å². The smallest absolute Gasteiger partial charge is 0.124 e. The van der Waals surface area contributed by atoms with E-state index in [9.17, 15) is 5.11 Å². The lowest BCUT2D eigenvalue weighted by Gasteiger charge is -2.20. The summed E-state index contributed by atoms with van der Waals surface area (Å²) >= 11 is 0. The molecule has 1 unspecified atom stereocenters. The van der Waals surface area contributed by atoms with Gasteiger partial charge in [-0.15, -0.1) is 0 Å². The zero-order chi connectivity index (χ0) is 12.8. The summed E-state index contributed by atoms with van der Waals surface area (Å²) in [6, 6.07) is 3.04. The molecule has 0 fully saturated rings. The van der Waals surface area contributed by atoms with Crippen LogP contribution in [0.5, 0.6) is 11.5 Å². The van der Waals surface area contributed by atoms with Crippen molar-refractivity contribution < 1.29 is 19.3 Å². The molecule has 1 rings (SSSR count). The highest BCUT2D eigenvalue weighted by atomic mass is 16.5. The van der Waals surface area contributed by atoms with Crippen molar-refractivity contribution in [3.8, 4) is 11.5 Å². The fraction of sp³-hybridized carbons (Fsp3) is 0.500. The number of aliphatic hydroxyl groups excluding tert-OH is 1. The molecule has 3 N–H and O–H groups in total. The summed E-state index contributed by atoms with van der Waals surface area (Å²) in [6.45, 7) is 0.184. The zero-order valence-electron chi connectivity index (χ0n) is 10.4. The van der Waals surface area contributed by atoms with Crippen molar-refractivity contribution in [1.82, 2.24) is 0 Å². The van der Waals surface area contributed by atoms with Crippen molar-refractivity contribution in [1.29, 1.82) is 0 Å². The predicted octanol–water partition coefficient (Wildman–Crippen LogP) is 0.842. The lowest BCUT2D eigenvalue weighted by Crippen LogP contribution is -2.18. The highest BCUT2D eigenvalue weighted by molar-refractivity contribution is 5.50. The summed E-state index contributed by atoms with van der Waals surface area (Å²) in [5, 5.41) is 9.20. The van der Waals surface area contributed by atoms with Crippen molar-refractivity contribution in [2.24, 2.45) is 5.73 Å². The van der Waals surface area contributed by atoms with E-state index in [-0.39, 0.29) is 6.61 Å². The maximum atomic E-state index is 9.20. The SMILES string of the molecule is COCc1c(OC)ccc(OC)c1C(N)CO. The molecule has 0 aliphatic carbocycles. The van der Waals surface area contributed by atoms with E-state index in [1.165, 1.54) is 0 Å². The molecule has 5 heteroatoms. The molecule has 17 heavy (non-hydrogen) atoms. The second-order valence-electron chi connectivity index (χ2n) is 3.58. The van der Waals surface area contributed by atoms with Gasteiger partial charge in [-0.3, -0.25) is 0 Å². The van der Waals surface area contributed by atoms with Crippen molar-refractivity contribution in [3.05, 3.63) is 23.3 Å². The number of rotatable bonds is 6. The summed E-state index contributed by atoms with van der Waals surface area (Å²) in [4.78, 5) is 0. The summed E-state index contributed by atoms with van der Waals surface area (Å²) < 4.78 is 15.6. The van der Waals surface area contributed by atoms with Crippen LogP contribution in [0.15, 0.2) is 12.1 Å². The molecule has 1 atom stereocenters. The van der Waals surface area contributed by atoms with E-state index in [1.54, 1.807) is 33.5 Å². The van der Waals surface area contributed by atoms with E-state index in [0.29, 0.717) is 18.1 Å². The highest BCUT2D eigenvalue weighted by Crippen LogP contribution is 2.34. The van der Waals surface area contributed by atoms with Gasteiger partial charge < -0.3 is 25.1 Å². The Hall–Kier alpha value is -1.30. The number of nitrogens with two attached hydrogens (primary N) is 1. The van der Waals surface area contributed by atoms with Gasteiger partial charge in [0.2, 0.25) is 0 Å². The number of hydrogen-bond acceptors (Lipinski definition) is 5. The van der Waals surface area contributed by atoms with E-state index in [1.807, 2.05) is 0 Å². The number of methoxy groups -OCH3 is 3. The summed E-state index contributed by atoms with van der Waals surface area (Å²) in [5.74, 6) is 1.30. The second-order valence-corrected chi connectivity index (χ2v) is 3.58. The standard InChI is InChI=1S/C12H19NO4/c1-15-7-8-10(16-2)4-5-11(17-3)12(8)9(13)6-14/h4-5,9,14H,6-7,13H2,1-3H3. The van der Waals surface area contributed by atoms with Gasteiger partial charge in [0.05, 0.1) is 33.5 Å². The molecule has 0 heterocycles. The Labute approximate surface area is 101 Å². The normalized spacial score (nSPS) is 12.3. The summed E-state index contributed by atoms with van der Waals surface area (Å²) in [5.41, 5.74) is 7.40. The predicted molar refractivity (Wildman–Crippen MR) is 64.3 cm³/mol.